The summed E-state index contributed by atoms with van der Waals surface area (Å²) in [5, 5.41) is 0. The van der Waals surface area contributed by atoms with E-state index in [2.05, 4.69) is 19.1 Å². The van der Waals surface area contributed by atoms with Crippen LogP contribution >= 0.6 is 0 Å². The zero-order valence-electron chi connectivity index (χ0n) is 12.0. The number of carbonyl (C=O) groups is 1. The Hall–Kier alpha value is -0.850. The fraction of sp³-hybridized carbons (Fsp3) is 0.722. The van der Waals surface area contributed by atoms with Crippen molar-refractivity contribution < 1.29 is 4.79 Å². The van der Waals surface area contributed by atoms with Gasteiger partial charge in [-0.3, -0.25) is 4.79 Å². The third-order valence-corrected chi connectivity index (χ3v) is 6.53. The normalized spacial score (nSPS) is 44.9. The molecular formula is C18H24O. The van der Waals surface area contributed by atoms with E-state index in [-0.39, 0.29) is 0 Å². The van der Waals surface area contributed by atoms with Crippen molar-refractivity contribution in [2.75, 3.05) is 0 Å². The van der Waals surface area contributed by atoms with Gasteiger partial charge in [0.1, 0.15) is 5.78 Å². The van der Waals surface area contributed by atoms with Crippen LogP contribution in [0.5, 0.6) is 0 Å². The molecule has 0 aromatic carbocycles. The zero-order valence-corrected chi connectivity index (χ0v) is 12.0. The predicted molar refractivity (Wildman–Crippen MR) is 76.7 cm³/mol. The van der Waals surface area contributed by atoms with Crippen LogP contribution < -0.4 is 0 Å². The topological polar surface area (TPSA) is 17.1 Å². The maximum Gasteiger partial charge on any atom is 0.137 e. The van der Waals surface area contributed by atoms with Crippen molar-refractivity contribution in [1.29, 1.82) is 0 Å². The lowest BCUT2D eigenvalue weighted by atomic mass is 9.54. The molecule has 1 nitrogen and oxygen atoms in total. The smallest absolute Gasteiger partial charge is 0.137 e. The zero-order chi connectivity index (χ0) is 13.0. The molecule has 1 saturated carbocycles. The SMILES string of the molecule is CC12C=CCC1C1CCC3=C(CCC(=O)C3)C1CC2. The van der Waals surface area contributed by atoms with E-state index in [9.17, 15) is 4.79 Å². The summed E-state index contributed by atoms with van der Waals surface area (Å²) >= 11 is 0. The van der Waals surface area contributed by atoms with Gasteiger partial charge in [-0.05, 0) is 61.7 Å². The molecule has 4 rings (SSSR count). The van der Waals surface area contributed by atoms with Gasteiger partial charge in [0.2, 0.25) is 0 Å². The van der Waals surface area contributed by atoms with Crippen molar-refractivity contribution in [3.8, 4) is 0 Å². The van der Waals surface area contributed by atoms with E-state index in [1.165, 1.54) is 32.1 Å². The van der Waals surface area contributed by atoms with Gasteiger partial charge in [0.05, 0.1) is 0 Å². The van der Waals surface area contributed by atoms with Gasteiger partial charge < -0.3 is 0 Å². The minimum atomic E-state index is 0.486. The second-order valence-electron chi connectivity index (χ2n) is 7.44. The van der Waals surface area contributed by atoms with Crippen LogP contribution in [0.3, 0.4) is 0 Å². The number of hydrogen-bond acceptors (Lipinski definition) is 1. The van der Waals surface area contributed by atoms with Gasteiger partial charge in [-0.2, -0.15) is 0 Å². The lowest BCUT2D eigenvalue weighted by molar-refractivity contribution is -0.119. The summed E-state index contributed by atoms with van der Waals surface area (Å²) in [5.41, 5.74) is 3.76. The van der Waals surface area contributed by atoms with Gasteiger partial charge in [-0.25, -0.2) is 0 Å². The van der Waals surface area contributed by atoms with E-state index >= 15 is 0 Å². The van der Waals surface area contributed by atoms with Gasteiger partial charge in [-0.1, -0.05) is 30.2 Å². The van der Waals surface area contributed by atoms with Gasteiger partial charge in [-0.15, -0.1) is 0 Å². The molecule has 0 amide bonds. The summed E-state index contributed by atoms with van der Waals surface area (Å²) in [5.74, 6) is 3.11. The summed E-state index contributed by atoms with van der Waals surface area (Å²) in [6.07, 6.45) is 14.2. The average molecular weight is 256 g/mol. The Morgan fingerprint density at radius 2 is 2.11 bits per heavy atom. The third-order valence-electron chi connectivity index (χ3n) is 6.53. The summed E-state index contributed by atoms with van der Waals surface area (Å²) in [6, 6.07) is 0. The molecule has 102 valence electrons. The molecule has 0 saturated heterocycles. The van der Waals surface area contributed by atoms with Crippen LogP contribution in [0.4, 0.5) is 0 Å². The third kappa shape index (κ3) is 1.70. The Bertz CT molecular complexity index is 484. The van der Waals surface area contributed by atoms with E-state index in [1.54, 1.807) is 11.1 Å². The van der Waals surface area contributed by atoms with Crippen LogP contribution in [0.1, 0.15) is 58.3 Å². The lowest BCUT2D eigenvalue weighted by Crippen LogP contribution is -2.41. The van der Waals surface area contributed by atoms with Crippen molar-refractivity contribution in [2.24, 2.45) is 23.2 Å². The highest BCUT2D eigenvalue weighted by Gasteiger charge is 2.49. The number of carbonyl (C=O) groups excluding carboxylic acids is 1. The first-order valence-corrected chi connectivity index (χ1v) is 8.07. The van der Waals surface area contributed by atoms with Crippen molar-refractivity contribution in [1.82, 2.24) is 0 Å². The number of Topliss-reactive ketones (excluding diaryl/α,β-unsaturated/α-hetero) is 1. The molecule has 0 aromatic rings. The van der Waals surface area contributed by atoms with Gasteiger partial charge in [0.15, 0.2) is 0 Å². The molecule has 19 heavy (non-hydrogen) atoms. The Balaban J connectivity index is 1.66. The molecule has 1 heteroatoms. The van der Waals surface area contributed by atoms with E-state index in [0.717, 1.165) is 37.0 Å². The first kappa shape index (κ1) is 11.9. The van der Waals surface area contributed by atoms with Gasteiger partial charge in [0, 0.05) is 12.8 Å². The monoisotopic (exact) mass is 256 g/mol. The summed E-state index contributed by atoms with van der Waals surface area (Å²) in [7, 11) is 0. The molecule has 0 heterocycles. The number of rotatable bonds is 0. The molecule has 4 aliphatic rings. The lowest BCUT2D eigenvalue weighted by Gasteiger charge is -2.50. The first-order chi connectivity index (χ1) is 9.17. The molecule has 0 bridgehead atoms. The first-order valence-electron chi connectivity index (χ1n) is 8.07. The molecule has 0 spiro atoms. The van der Waals surface area contributed by atoms with Crippen LogP contribution in [-0.4, -0.2) is 5.78 Å². The number of fused-ring (bicyclic) bond motifs is 4. The molecule has 0 radical (unpaired) electrons. The fourth-order valence-corrected chi connectivity index (χ4v) is 5.53. The average Bonchev–Trinajstić information content (AvgIpc) is 2.79. The standard InChI is InChI=1S/C18H24O/c1-18-9-2-3-17(18)16-6-4-12-11-13(19)5-7-14(12)15(16)8-10-18/h2,9,15-17H,3-8,10-11H2,1H3. The van der Waals surface area contributed by atoms with E-state index < -0.39 is 0 Å². The number of ketones is 1. The van der Waals surface area contributed by atoms with Crippen molar-refractivity contribution in [3.05, 3.63) is 23.3 Å². The van der Waals surface area contributed by atoms with Crippen LogP contribution in [0.15, 0.2) is 23.3 Å². The van der Waals surface area contributed by atoms with Crippen molar-refractivity contribution >= 4 is 5.78 Å². The van der Waals surface area contributed by atoms with Crippen LogP contribution in [-0.2, 0) is 4.79 Å². The minimum Gasteiger partial charge on any atom is -0.299 e. The van der Waals surface area contributed by atoms with Crippen LogP contribution in [0.25, 0.3) is 0 Å². The summed E-state index contributed by atoms with van der Waals surface area (Å²) < 4.78 is 0. The number of hydrogen-bond donors (Lipinski definition) is 0. The van der Waals surface area contributed by atoms with Crippen molar-refractivity contribution in [2.45, 2.75) is 58.3 Å². The molecule has 0 N–H and O–H groups in total. The molecule has 4 aliphatic carbocycles. The summed E-state index contributed by atoms with van der Waals surface area (Å²) in [6.45, 7) is 2.48. The van der Waals surface area contributed by atoms with Crippen LogP contribution in [0.2, 0.25) is 0 Å². The van der Waals surface area contributed by atoms with E-state index in [4.69, 9.17) is 0 Å². The highest BCUT2D eigenvalue weighted by molar-refractivity contribution is 5.82. The highest BCUT2D eigenvalue weighted by atomic mass is 16.1. The predicted octanol–water partition coefficient (Wildman–Crippen LogP) is 4.44. The Morgan fingerprint density at radius 3 is 3.00 bits per heavy atom. The molecule has 0 aromatic heterocycles. The summed E-state index contributed by atoms with van der Waals surface area (Å²) in [4.78, 5) is 11.7. The molecular weight excluding hydrogens is 232 g/mol. The second kappa shape index (κ2) is 4.07. The van der Waals surface area contributed by atoms with Gasteiger partial charge in [0.25, 0.3) is 0 Å². The Labute approximate surface area is 116 Å². The Morgan fingerprint density at radius 1 is 1.21 bits per heavy atom. The van der Waals surface area contributed by atoms with E-state index in [1.807, 2.05) is 0 Å². The molecule has 1 fully saturated rings. The highest BCUT2D eigenvalue weighted by Crippen LogP contribution is 2.58. The largest absolute Gasteiger partial charge is 0.299 e. The molecule has 4 unspecified atom stereocenters. The minimum absolute atomic E-state index is 0.486. The van der Waals surface area contributed by atoms with Crippen LogP contribution in [0, 0.1) is 23.2 Å². The van der Waals surface area contributed by atoms with E-state index in [0.29, 0.717) is 11.2 Å². The van der Waals surface area contributed by atoms with Gasteiger partial charge >= 0.3 is 0 Å². The molecule has 0 aliphatic heterocycles. The quantitative estimate of drug-likeness (QED) is 0.586. The molecule has 4 atom stereocenters. The fourth-order valence-electron chi connectivity index (χ4n) is 5.53. The maximum atomic E-state index is 11.7. The van der Waals surface area contributed by atoms with Crippen molar-refractivity contribution in [3.63, 3.8) is 0 Å². The number of allylic oxidation sites excluding steroid dienone is 4. The Kier molecular flexibility index (Phi) is 2.56. The maximum absolute atomic E-state index is 11.7. The second-order valence-corrected chi connectivity index (χ2v) is 7.44.